The first-order valence-corrected chi connectivity index (χ1v) is 5.41. The number of carbonyl (C=O) groups excluding carboxylic acids is 1. The third kappa shape index (κ3) is 3.06. The summed E-state index contributed by atoms with van der Waals surface area (Å²) < 4.78 is 25.8. The van der Waals surface area contributed by atoms with Crippen LogP contribution >= 0.6 is 0 Å². The highest BCUT2D eigenvalue weighted by Gasteiger charge is 2.03. The molecule has 0 N–H and O–H groups in total. The van der Waals surface area contributed by atoms with Crippen LogP contribution in [0.1, 0.15) is 10.4 Å². The molecule has 0 heterocycles. The molecule has 0 fully saturated rings. The molecule has 0 unspecified atom stereocenters. The van der Waals surface area contributed by atoms with E-state index >= 15 is 0 Å². The maximum absolute atomic E-state index is 10.7. The molecule has 1 aromatic carbocycles. The van der Waals surface area contributed by atoms with Gasteiger partial charge in [0.2, 0.25) is 0 Å². The van der Waals surface area contributed by atoms with Crippen LogP contribution in [0.25, 0.3) is 0 Å². The maximum Gasteiger partial charge on any atom is 0.306 e. The summed E-state index contributed by atoms with van der Waals surface area (Å²) in [5, 5.41) is 10.3. The number of hydrogen-bond donors (Lipinski definition) is 0. The summed E-state index contributed by atoms with van der Waals surface area (Å²) in [5.74, 6) is -1.26. The van der Waals surface area contributed by atoms with Crippen LogP contribution in [0.5, 0.6) is 5.75 Å². The molecule has 0 atom stereocenters. The first-order valence-electron chi connectivity index (χ1n) is 3.59. The predicted octanol–water partition coefficient (Wildman–Crippen LogP) is -0.612. The Hall–Kier alpha value is -1.56. The molecule has 1 aromatic rings. The van der Waals surface area contributed by atoms with Crippen molar-refractivity contribution < 1.29 is 22.5 Å². The van der Waals surface area contributed by atoms with Gasteiger partial charge in [-0.2, -0.15) is 8.42 Å². The summed E-state index contributed by atoms with van der Waals surface area (Å²) in [7, 11) is -3.57. The summed E-state index contributed by atoms with van der Waals surface area (Å²) >= 11 is 0. The highest BCUT2D eigenvalue weighted by molar-refractivity contribution is 7.86. The average molecular weight is 215 g/mol. The second kappa shape index (κ2) is 3.67. The zero-order valence-corrected chi connectivity index (χ0v) is 8.08. The van der Waals surface area contributed by atoms with E-state index in [1.807, 2.05) is 0 Å². The van der Waals surface area contributed by atoms with E-state index in [2.05, 4.69) is 4.18 Å². The highest BCUT2D eigenvalue weighted by atomic mass is 32.2. The lowest BCUT2D eigenvalue weighted by Crippen LogP contribution is -2.21. The Morgan fingerprint density at radius 1 is 1.29 bits per heavy atom. The molecule has 0 spiro atoms. The minimum atomic E-state index is -3.57. The summed E-state index contributed by atoms with van der Waals surface area (Å²) in [5.41, 5.74) is -0.0362. The molecule has 0 bridgehead atoms. The van der Waals surface area contributed by atoms with Crippen molar-refractivity contribution in [3.63, 3.8) is 0 Å². The highest BCUT2D eigenvalue weighted by Crippen LogP contribution is 2.13. The molecule has 76 valence electrons. The van der Waals surface area contributed by atoms with Gasteiger partial charge in [-0.05, 0) is 29.8 Å². The molecule has 0 aliphatic heterocycles. The Balaban J connectivity index is 2.90. The Morgan fingerprint density at radius 3 is 2.14 bits per heavy atom. The van der Waals surface area contributed by atoms with Gasteiger partial charge in [-0.1, -0.05) is 0 Å². The minimum absolute atomic E-state index is 0.0362. The van der Waals surface area contributed by atoms with E-state index in [0.717, 1.165) is 6.26 Å². The van der Waals surface area contributed by atoms with Gasteiger partial charge >= 0.3 is 10.1 Å². The van der Waals surface area contributed by atoms with Crippen LogP contribution in [0.15, 0.2) is 24.3 Å². The van der Waals surface area contributed by atoms with Gasteiger partial charge in [-0.15, -0.1) is 0 Å². The predicted molar refractivity (Wildman–Crippen MR) is 46.2 cm³/mol. The summed E-state index contributed by atoms with van der Waals surface area (Å²) in [6.07, 6.45) is 0.902. The molecule has 0 aliphatic rings. The Bertz CT molecular complexity index is 431. The van der Waals surface area contributed by atoms with E-state index in [1.54, 1.807) is 0 Å². The quantitative estimate of drug-likeness (QED) is 0.628. The van der Waals surface area contributed by atoms with E-state index in [4.69, 9.17) is 0 Å². The van der Waals surface area contributed by atoms with Crippen molar-refractivity contribution in [1.82, 2.24) is 0 Å². The smallest absolute Gasteiger partial charge is 0.306 e. The van der Waals surface area contributed by atoms with Crippen LogP contribution in [-0.4, -0.2) is 20.6 Å². The van der Waals surface area contributed by atoms with Crippen molar-refractivity contribution in [2.75, 3.05) is 6.26 Å². The molecule has 0 radical (unpaired) electrons. The maximum atomic E-state index is 10.7. The number of benzene rings is 1. The number of carbonyl (C=O) groups is 1. The van der Waals surface area contributed by atoms with E-state index in [0.29, 0.717) is 0 Å². The van der Waals surface area contributed by atoms with Gasteiger partial charge in [-0.3, -0.25) is 0 Å². The molecule has 0 saturated heterocycles. The standard InChI is InChI=1S/C8H8O5S/c1-14(11,12)13-7-4-2-6(3-5-7)8(9)10/h2-5H,1H3,(H,9,10)/p-1. The molecule has 0 amide bonds. The largest absolute Gasteiger partial charge is 0.545 e. The number of carboxylic acid groups (broad SMARTS) is 1. The Morgan fingerprint density at radius 2 is 1.79 bits per heavy atom. The van der Waals surface area contributed by atoms with E-state index < -0.39 is 16.1 Å². The molecule has 0 saturated carbocycles. The van der Waals surface area contributed by atoms with Crippen molar-refractivity contribution in [1.29, 1.82) is 0 Å². The molecule has 5 nitrogen and oxygen atoms in total. The van der Waals surface area contributed by atoms with Crippen LogP contribution in [0.2, 0.25) is 0 Å². The minimum Gasteiger partial charge on any atom is -0.545 e. The van der Waals surface area contributed by atoms with Crippen LogP contribution in [0, 0.1) is 0 Å². The van der Waals surface area contributed by atoms with Crippen LogP contribution in [0.4, 0.5) is 0 Å². The molecule has 6 heteroatoms. The second-order valence-electron chi connectivity index (χ2n) is 2.60. The average Bonchev–Trinajstić information content (AvgIpc) is 2.02. The molecule has 14 heavy (non-hydrogen) atoms. The zero-order valence-electron chi connectivity index (χ0n) is 7.26. The van der Waals surface area contributed by atoms with Crippen LogP contribution < -0.4 is 9.29 Å². The summed E-state index contributed by atoms with van der Waals surface area (Å²) in [4.78, 5) is 10.3. The third-order valence-corrected chi connectivity index (χ3v) is 1.83. The van der Waals surface area contributed by atoms with E-state index in [-0.39, 0.29) is 11.3 Å². The molecule has 1 rings (SSSR count). The normalized spacial score (nSPS) is 10.9. The molecule has 0 aromatic heterocycles. The fraction of sp³-hybridized carbons (Fsp3) is 0.125. The van der Waals surface area contributed by atoms with Crippen molar-refractivity contribution >= 4 is 16.1 Å². The van der Waals surface area contributed by atoms with Crippen LogP contribution in [0.3, 0.4) is 0 Å². The summed E-state index contributed by atoms with van der Waals surface area (Å²) in [6, 6.07) is 4.89. The summed E-state index contributed by atoms with van der Waals surface area (Å²) in [6.45, 7) is 0. The monoisotopic (exact) mass is 215 g/mol. The number of aromatic carboxylic acids is 1. The van der Waals surface area contributed by atoms with Gasteiger partial charge in [0, 0.05) is 0 Å². The first kappa shape index (κ1) is 10.5. The Kier molecular flexibility index (Phi) is 2.76. The van der Waals surface area contributed by atoms with Crippen molar-refractivity contribution in [3.05, 3.63) is 29.8 Å². The lowest BCUT2D eigenvalue weighted by atomic mass is 10.2. The lowest BCUT2D eigenvalue weighted by molar-refractivity contribution is -0.255. The molecular formula is C8H7O5S-. The SMILES string of the molecule is CS(=O)(=O)Oc1ccc(C(=O)[O-])cc1. The zero-order chi connectivity index (χ0) is 10.8. The van der Waals surface area contributed by atoms with Gasteiger partial charge in [0.15, 0.2) is 0 Å². The van der Waals surface area contributed by atoms with Crippen molar-refractivity contribution in [2.24, 2.45) is 0 Å². The van der Waals surface area contributed by atoms with Crippen molar-refractivity contribution in [3.8, 4) is 5.75 Å². The fourth-order valence-electron chi connectivity index (χ4n) is 0.821. The van der Waals surface area contributed by atoms with E-state index in [1.165, 1.54) is 24.3 Å². The van der Waals surface area contributed by atoms with Gasteiger partial charge in [0.05, 0.1) is 12.2 Å². The van der Waals surface area contributed by atoms with Gasteiger partial charge in [0.25, 0.3) is 0 Å². The number of hydrogen-bond acceptors (Lipinski definition) is 5. The van der Waals surface area contributed by atoms with Crippen LogP contribution in [-0.2, 0) is 10.1 Å². The second-order valence-corrected chi connectivity index (χ2v) is 4.17. The van der Waals surface area contributed by atoms with Gasteiger partial charge in [-0.25, -0.2) is 0 Å². The topological polar surface area (TPSA) is 83.5 Å². The van der Waals surface area contributed by atoms with Gasteiger partial charge < -0.3 is 14.1 Å². The van der Waals surface area contributed by atoms with Crippen molar-refractivity contribution in [2.45, 2.75) is 0 Å². The Labute approximate surface area is 81.1 Å². The third-order valence-electron chi connectivity index (χ3n) is 1.34. The first-order chi connectivity index (χ1) is 6.38. The van der Waals surface area contributed by atoms with E-state index in [9.17, 15) is 18.3 Å². The van der Waals surface area contributed by atoms with Gasteiger partial charge in [0.1, 0.15) is 5.75 Å². The number of rotatable bonds is 3. The molecular weight excluding hydrogens is 208 g/mol. The molecule has 0 aliphatic carbocycles. The lowest BCUT2D eigenvalue weighted by Gasteiger charge is -2.04. The number of carboxylic acids is 1. The fourth-order valence-corrected chi connectivity index (χ4v) is 1.28.